The molecule has 0 radical (unpaired) electrons. The number of halogens is 4. The Morgan fingerprint density at radius 2 is 1.88 bits per heavy atom. The number of likely N-dealkylation sites (tertiary alicyclic amines) is 1. The van der Waals surface area contributed by atoms with Crippen LogP contribution in [-0.4, -0.2) is 49.0 Å². The van der Waals surface area contributed by atoms with Gasteiger partial charge in [-0.2, -0.15) is 23.4 Å². The molecule has 3 aromatic rings. The molecular formula is C22H19F4N5O2. The molecule has 7 nitrogen and oxygen atoms in total. The van der Waals surface area contributed by atoms with Gasteiger partial charge in [-0.3, -0.25) is 4.79 Å². The number of carbonyl (C=O) groups is 1. The molecule has 1 saturated heterocycles. The smallest absolute Gasteiger partial charge is 0.417 e. The molecule has 5 rings (SSSR count). The van der Waals surface area contributed by atoms with Crippen molar-refractivity contribution in [2.45, 2.75) is 44.1 Å². The van der Waals surface area contributed by atoms with E-state index in [1.807, 2.05) is 6.92 Å². The fourth-order valence-corrected chi connectivity index (χ4v) is 4.83. The maximum atomic E-state index is 14.6. The first-order valence-electron chi connectivity index (χ1n) is 10.4. The number of para-hydroxylation sites is 1. The lowest BCUT2D eigenvalue weighted by molar-refractivity contribution is -0.137. The van der Waals surface area contributed by atoms with Crippen molar-refractivity contribution >= 4 is 5.91 Å². The molecular weight excluding hydrogens is 442 g/mol. The van der Waals surface area contributed by atoms with Crippen LogP contribution in [0.4, 0.5) is 17.6 Å². The Hall–Kier alpha value is -3.50. The number of aromatic nitrogens is 4. The van der Waals surface area contributed by atoms with Gasteiger partial charge in [-0.1, -0.05) is 6.07 Å². The molecule has 4 unspecified atom stereocenters. The second kappa shape index (κ2) is 7.82. The molecule has 11 heteroatoms. The van der Waals surface area contributed by atoms with Crippen LogP contribution in [0.5, 0.6) is 5.88 Å². The van der Waals surface area contributed by atoms with Crippen LogP contribution in [0, 0.1) is 11.7 Å². The molecule has 1 aliphatic heterocycles. The molecule has 1 amide bonds. The topological polar surface area (TPSA) is 73.1 Å². The standard InChI is InChI=1S/C22H19F4N5O2/c1-12-13-9-17(18(10-13)33-19-6-5-14(11-27-19)22(24,25)26)30(12)21(32)15-3-2-4-16(23)20(15)31-28-7-8-29-31/h2-8,11-13,17-18H,9-10H2,1H3. The molecule has 2 aromatic heterocycles. The lowest BCUT2D eigenvalue weighted by atomic mass is 9.98. The summed E-state index contributed by atoms with van der Waals surface area (Å²) in [5.74, 6) is -0.794. The van der Waals surface area contributed by atoms with Crippen molar-refractivity contribution in [2.75, 3.05) is 0 Å². The zero-order valence-electron chi connectivity index (χ0n) is 17.4. The SMILES string of the molecule is CC1C2CC(Oc3ccc(C(F)(F)F)cn3)C(C2)N1C(=O)c1cccc(F)c1-n1nccn1. The van der Waals surface area contributed by atoms with E-state index >= 15 is 0 Å². The first-order chi connectivity index (χ1) is 15.7. The van der Waals surface area contributed by atoms with Crippen molar-refractivity contribution in [3.8, 4) is 11.6 Å². The summed E-state index contributed by atoms with van der Waals surface area (Å²) >= 11 is 0. The number of benzene rings is 1. The first-order valence-corrected chi connectivity index (χ1v) is 10.4. The number of fused-ring (bicyclic) bond motifs is 2. The van der Waals surface area contributed by atoms with E-state index in [1.54, 1.807) is 4.90 Å². The van der Waals surface area contributed by atoms with Crippen LogP contribution in [0.15, 0.2) is 48.9 Å². The van der Waals surface area contributed by atoms with Crippen LogP contribution in [0.3, 0.4) is 0 Å². The number of nitrogens with zero attached hydrogens (tertiary/aromatic N) is 5. The fourth-order valence-electron chi connectivity index (χ4n) is 4.83. The average molecular weight is 461 g/mol. The molecule has 172 valence electrons. The molecule has 2 aliphatic rings. The molecule has 33 heavy (non-hydrogen) atoms. The van der Waals surface area contributed by atoms with Gasteiger partial charge in [-0.25, -0.2) is 9.37 Å². The molecule has 0 spiro atoms. The van der Waals surface area contributed by atoms with Crippen LogP contribution in [0.2, 0.25) is 0 Å². The Balaban J connectivity index is 1.40. The molecule has 2 fully saturated rings. The van der Waals surface area contributed by atoms with E-state index in [4.69, 9.17) is 4.74 Å². The van der Waals surface area contributed by atoms with E-state index in [1.165, 1.54) is 36.7 Å². The summed E-state index contributed by atoms with van der Waals surface area (Å²) < 4.78 is 58.9. The van der Waals surface area contributed by atoms with Gasteiger partial charge >= 0.3 is 6.18 Å². The zero-order valence-corrected chi connectivity index (χ0v) is 17.4. The van der Waals surface area contributed by atoms with Gasteiger partial charge in [0.05, 0.1) is 29.6 Å². The van der Waals surface area contributed by atoms with E-state index in [0.29, 0.717) is 12.8 Å². The van der Waals surface area contributed by atoms with Gasteiger partial charge in [0.2, 0.25) is 5.88 Å². The Morgan fingerprint density at radius 1 is 1.12 bits per heavy atom. The molecule has 4 atom stereocenters. The summed E-state index contributed by atoms with van der Waals surface area (Å²) in [6.45, 7) is 1.93. The summed E-state index contributed by atoms with van der Waals surface area (Å²) in [4.78, 5) is 20.1. The zero-order chi connectivity index (χ0) is 23.3. The molecule has 2 bridgehead atoms. The number of rotatable bonds is 4. The van der Waals surface area contributed by atoms with Crippen molar-refractivity contribution in [3.05, 3.63) is 65.9 Å². The monoisotopic (exact) mass is 461 g/mol. The highest BCUT2D eigenvalue weighted by atomic mass is 19.4. The van der Waals surface area contributed by atoms with Gasteiger partial charge in [-0.15, -0.1) is 4.80 Å². The Morgan fingerprint density at radius 3 is 2.52 bits per heavy atom. The third kappa shape index (κ3) is 3.70. The maximum absolute atomic E-state index is 14.6. The van der Waals surface area contributed by atoms with Crippen molar-refractivity contribution < 1.29 is 27.1 Å². The minimum atomic E-state index is -4.48. The van der Waals surface area contributed by atoms with E-state index in [0.717, 1.165) is 17.1 Å². The van der Waals surface area contributed by atoms with Crippen molar-refractivity contribution in [1.29, 1.82) is 0 Å². The molecule has 1 saturated carbocycles. The summed E-state index contributed by atoms with van der Waals surface area (Å²) in [5, 5.41) is 7.92. The van der Waals surface area contributed by atoms with Crippen LogP contribution in [0.25, 0.3) is 5.69 Å². The van der Waals surface area contributed by atoms with Gasteiger partial charge in [0, 0.05) is 18.3 Å². The van der Waals surface area contributed by atoms with Crippen LogP contribution in [-0.2, 0) is 6.18 Å². The highest BCUT2D eigenvalue weighted by Crippen LogP contribution is 2.45. The van der Waals surface area contributed by atoms with E-state index in [-0.39, 0.29) is 41.0 Å². The number of pyridine rings is 1. The highest BCUT2D eigenvalue weighted by molar-refractivity contribution is 5.98. The number of hydrogen-bond donors (Lipinski definition) is 0. The van der Waals surface area contributed by atoms with Crippen LogP contribution < -0.4 is 4.74 Å². The van der Waals surface area contributed by atoms with E-state index in [2.05, 4.69) is 15.2 Å². The molecule has 3 heterocycles. The molecule has 1 aliphatic carbocycles. The van der Waals surface area contributed by atoms with Crippen LogP contribution >= 0.6 is 0 Å². The van der Waals surface area contributed by atoms with E-state index < -0.39 is 23.7 Å². The van der Waals surface area contributed by atoms with Gasteiger partial charge in [-0.05, 0) is 43.9 Å². The summed E-state index contributed by atoms with van der Waals surface area (Å²) in [6, 6.07) is 5.88. The average Bonchev–Trinajstić information content (AvgIpc) is 3.50. The first kappa shape index (κ1) is 21.4. The van der Waals surface area contributed by atoms with Gasteiger partial charge < -0.3 is 9.64 Å². The van der Waals surface area contributed by atoms with Crippen molar-refractivity contribution in [2.24, 2.45) is 5.92 Å². The van der Waals surface area contributed by atoms with Gasteiger partial charge in [0.1, 0.15) is 11.8 Å². The Kier molecular flexibility index (Phi) is 5.06. The largest absolute Gasteiger partial charge is 0.472 e. The fraction of sp³-hybridized carbons (Fsp3) is 0.364. The van der Waals surface area contributed by atoms with Gasteiger partial charge in [0.25, 0.3) is 5.91 Å². The van der Waals surface area contributed by atoms with E-state index in [9.17, 15) is 22.4 Å². The number of ether oxygens (including phenoxy) is 1. The minimum Gasteiger partial charge on any atom is -0.472 e. The highest BCUT2D eigenvalue weighted by Gasteiger charge is 2.53. The normalized spacial score (nSPS) is 24.3. The molecule has 0 N–H and O–H groups in total. The van der Waals surface area contributed by atoms with Gasteiger partial charge in [0.15, 0.2) is 5.82 Å². The number of piperidine rings is 1. The third-order valence-electron chi connectivity index (χ3n) is 6.39. The third-order valence-corrected chi connectivity index (χ3v) is 6.39. The van der Waals surface area contributed by atoms with Crippen molar-refractivity contribution in [3.63, 3.8) is 0 Å². The Bertz CT molecular complexity index is 1170. The number of amides is 1. The second-order valence-electron chi connectivity index (χ2n) is 8.25. The predicted octanol–water partition coefficient (Wildman–Crippen LogP) is 3.89. The second-order valence-corrected chi connectivity index (χ2v) is 8.25. The lowest BCUT2D eigenvalue weighted by Crippen LogP contribution is -2.51. The summed E-state index contributed by atoms with van der Waals surface area (Å²) in [6.07, 6.45) is -0.0752. The Labute approximate surface area is 186 Å². The number of hydrogen-bond acceptors (Lipinski definition) is 5. The minimum absolute atomic E-state index is 0.0376. The van der Waals surface area contributed by atoms with Crippen LogP contribution in [0.1, 0.15) is 35.7 Å². The number of carbonyl (C=O) groups excluding carboxylic acids is 1. The lowest BCUT2D eigenvalue weighted by Gasteiger charge is -2.38. The summed E-state index contributed by atoms with van der Waals surface area (Å²) in [7, 11) is 0. The summed E-state index contributed by atoms with van der Waals surface area (Å²) in [5.41, 5.74) is -0.777. The quantitative estimate of drug-likeness (QED) is 0.552. The maximum Gasteiger partial charge on any atom is 0.417 e. The van der Waals surface area contributed by atoms with Crippen molar-refractivity contribution in [1.82, 2.24) is 24.9 Å². The molecule has 1 aromatic carbocycles. The number of alkyl halides is 3. The predicted molar refractivity (Wildman–Crippen MR) is 107 cm³/mol.